The number of ether oxygens (including phenoxy) is 1. The molecule has 0 saturated heterocycles. The fourth-order valence-corrected chi connectivity index (χ4v) is 4.95. The first kappa shape index (κ1) is 17.7. The second-order valence-corrected chi connectivity index (χ2v) is 7.67. The third-order valence-corrected chi connectivity index (χ3v) is 6.24. The number of rotatable bonds is 4. The highest BCUT2D eigenvalue weighted by atomic mass is 32.1. The Kier molecular flexibility index (Phi) is 4.48. The van der Waals surface area contributed by atoms with Crippen molar-refractivity contribution in [3.05, 3.63) is 49.9 Å². The summed E-state index contributed by atoms with van der Waals surface area (Å²) in [5.41, 5.74) is 2.35. The zero-order valence-corrected chi connectivity index (χ0v) is 15.9. The van der Waals surface area contributed by atoms with Gasteiger partial charge in [0.05, 0.1) is 17.6 Å². The van der Waals surface area contributed by atoms with Crippen molar-refractivity contribution < 1.29 is 14.5 Å². The van der Waals surface area contributed by atoms with Gasteiger partial charge in [-0.05, 0) is 24.6 Å². The maximum atomic E-state index is 12.8. The molecule has 2 aliphatic rings. The molecule has 142 valence electrons. The minimum atomic E-state index is -0.517. The minimum Gasteiger partial charge on any atom is -0.490 e. The number of likely N-dealkylation sites (N-methyl/N-ethyl adjacent to an activating group) is 1. The number of nitrogens with zero attached hydrogens (tertiary/aromatic N) is 2. The molecule has 9 heteroatoms. The molecule has 0 fully saturated rings. The van der Waals surface area contributed by atoms with E-state index in [-0.39, 0.29) is 17.3 Å². The molecule has 2 aromatic rings. The van der Waals surface area contributed by atoms with Crippen molar-refractivity contribution in [2.45, 2.75) is 26.1 Å². The highest BCUT2D eigenvalue weighted by Gasteiger charge is 2.33. The summed E-state index contributed by atoms with van der Waals surface area (Å²) in [6, 6.07) is 4.71. The van der Waals surface area contributed by atoms with Gasteiger partial charge in [-0.3, -0.25) is 19.8 Å². The molecule has 0 radical (unpaired) electrons. The van der Waals surface area contributed by atoms with Crippen LogP contribution in [-0.2, 0) is 13.0 Å². The molecule has 8 nitrogen and oxygen atoms in total. The first-order chi connectivity index (χ1) is 13.0. The number of hydrogen-bond donors (Lipinski definition) is 2. The number of nitro groups is 1. The van der Waals surface area contributed by atoms with Gasteiger partial charge in [0.15, 0.2) is 5.75 Å². The van der Waals surface area contributed by atoms with Gasteiger partial charge >= 0.3 is 5.69 Å². The van der Waals surface area contributed by atoms with Crippen molar-refractivity contribution >= 4 is 27.9 Å². The first-order valence-corrected chi connectivity index (χ1v) is 9.60. The van der Waals surface area contributed by atoms with E-state index in [4.69, 9.17) is 4.74 Å². The van der Waals surface area contributed by atoms with Crippen LogP contribution in [0, 0.1) is 10.1 Å². The second-order valence-electron chi connectivity index (χ2n) is 6.57. The number of thiophene rings is 1. The molecule has 27 heavy (non-hydrogen) atoms. The quantitative estimate of drug-likeness (QED) is 0.618. The second kappa shape index (κ2) is 6.82. The van der Waals surface area contributed by atoms with E-state index in [9.17, 15) is 14.9 Å². The Labute approximate surface area is 160 Å². The average molecular weight is 388 g/mol. The lowest BCUT2D eigenvalue weighted by Gasteiger charge is -2.28. The Morgan fingerprint density at radius 2 is 2.22 bits per heavy atom. The smallest absolute Gasteiger partial charge is 0.311 e. The zero-order valence-electron chi connectivity index (χ0n) is 15.1. The van der Waals surface area contributed by atoms with Gasteiger partial charge in [-0.2, -0.15) is 0 Å². The molecule has 0 saturated carbocycles. The molecule has 1 atom stereocenters. The van der Waals surface area contributed by atoms with E-state index >= 15 is 0 Å². The summed E-state index contributed by atoms with van der Waals surface area (Å²) in [6.07, 6.45) is 0.347. The van der Waals surface area contributed by atoms with Gasteiger partial charge in [0.25, 0.3) is 5.91 Å². The zero-order chi connectivity index (χ0) is 19.1. The maximum Gasteiger partial charge on any atom is 0.311 e. The molecule has 0 spiro atoms. The van der Waals surface area contributed by atoms with Crippen molar-refractivity contribution in [3.8, 4) is 5.75 Å². The van der Waals surface area contributed by atoms with Gasteiger partial charge in [0.2, 0.25) is 0 Å². The topological polar surface area (TPSA) is 96.7 Å². The molecule has 0 aliphatic carbocycles. The fraction of sp³-hybridized carbons (Fsp3) is 0.389. The third-order valence-electron chi connectivity index (χ3n) is 5.09. The summed E-state index contributed by atoms with van der Waals surface area (Å²) in [5.74, 6) is 0.0625. The van der Waals surface area contributed by atoms with Gasteiger partial charge in [-0.25, -0.2) is 0 Å². The van der Waals surface area contributed by atoms with E-state index in [1.807, 2.05) is 0 Å². The van der Waals surface area contributed by atoms with Crippen LogP contribution in [-0.4, -0.2) is 35.9 Å². The summed E-state index contributed by atoms with van der Waals surface area (Å²) in [7, 11) is 1.39. The largest absolute Gasteiger partial charge is 0.490 e. The number of carbonyl (C=O) groups is 1. The number of anilines is 1. The van der Waals surface area contributed by atoms with Gasteiger partial charge in [0, 0.05) is 29.6 Å². The predicted octanol–water partition coefficient (Wildman–Crippen LogP) is 2.90. The van der Waals surface area contributed by atoms with E-state index < -0.39 is 11.1 Å². The molecule has 1 aromatic carbocycles. The van der Waals surface area contributed by atoms with Crippen LogP contribution in [0.15, 0.2) is 18.2 Å². The lowest BCUT2D eigenvalue weighted by Crippen LogP contribution is -2.38. The maximum absolute atomic E-state index is 12.8. The van der Waals surface area contributed by atoms with E-state index in [2.05, 4.69) is 22.5 Å². The van der Waals surface area contributed by atoms with Crippen LogP contribution in [0.5, 0.6) is 5.75 Å². The van der Waals surface area contributed by atoms with E-state index in [0.29, 0.717) is 5.56 Å². The number of amides is 1. The molecular formula is C18H20N4O4S. The van der Waals surface area contributed by atoms with E-state index in [1.165, 1.54) is 18.1 Å². The predicted molar refractivity (Wildman–Crippen MR) is 102 cm³/mol. The normalized spacial score (nSPS) is 18.9. The van der Waals surface area contributed by atoms with Crippen molar-refractivity contribution in [3.63, 3.8) is 0 Å². The molecular weight excluding hydrogens is 368 g/mol. The number of fused-ring (bicyclic) bond motifs is 3. The Morgan fingerprint density at radius 1 is 1.41 bits per heavy atom. The summed E-state index contributed by atoms with van der Waals surface area (Å²) < 4.78 is 5.05. The summed E-state index contributed by atoms with van der Waals surface area (Å²) in [5, 5.41) is 18.4. The van der Waals surface area contributed by atoms with Gasteiger partial charge in [-0.1, -0.05) is 13.0 Å². The fourth-order valence-electron chi connectivity index (χ4n) is 3.63. The molecule has 1 aromatic heterocycles. The lowest BCUT2D eigenvalue weighted by molar-refractivity contribution is -0.385. The number of carbonyl (C=O) groups excluding carboxylic acids is 1. The lowest BCUT2D eigenvalue weighted by atomic mass is 10.00. The van der Waals surface area contributed by atoms with Crippen LogP contribution in [0.25, 0.3) is 0 Å². The molecule has 3 heterocycles. The summed E-state index contributed by atoms with van der Waals surface area (Å²) >= 11 is 1.61. The highest BCUT2D eigenvalue weighted by Crippen LogP contribution is 2.41. The van der Waals surface area contributed by atoms with E-state index in [1.54, 1.807) is 23.5 Å². The number of nitro benzene ring substituents is 1. The monoisotopic (exact) mass is 388 g/mol. The molecule has 0 bridgehead atoms. The summed E-state index contributed by atoms with van der Waals surface area (Å²) in [6.45, 7) is 4.93. The molecule has 2 N–H and O–H groups in total. The first-order valence-electron chi connectivity index (χ1n) is 8.78. The van der Waals surface area contributed by atoms with Crippen LogP contribution < -0.4 is 15.4 Å². The van der Waals surface area contributed by atoms with Crippen LogP contribution in [0.4, 0.5) is 10.7 Å². The van der Waals surface area contributed by atoms with Crippen molar-refractivity contribution in [1.82, 2.24) is 10.2 Å². The molecule has 2 aliphatic heterocycles. The van der Waals surface area contributed by atoms with Crippen molar-refractivity contribution in [2.24, 2.45) is 0 Å². The SMILES string of the molecule is CCN1CCc2c(sc3c2C(=O)NC(c2ccc(OC)c([N+](=O)[O-])c2)N3)C1. The van der Waals surface area contributed by atoms with E-state index in [0.717, 1.165) is 42.2 Å². The number of benzene rings is 1. The van der Waals surface area contributed by atoms with Crippen LogP contribution >= 0.6 is 11.3 Å². The van der Waals surface area contributed by atoms with Gasteiger partial charge < -0.3 is 15.4 Å². The number of hydrogen-bond acceptors (Lipinski definition) is 7. The van der Waals surface area contributed by atoms with Gasteiger partial charge in [0.1, 0.15) is 11.2 Å². The standard InChI is InChI=1S/C18H20N4O4S/c1-3-21-7-6-11-14(9-21)27-18-15(11)17(23)19-16(20-18)10-4-5-13(26-2)12(8-10)22(24)25/h4-5,8,16,20H,3,6-7,9H2,1-2H3,(H,19,23). The number of methoxy groups -OCH3 is 1. The Bertz CT molecular complexity index is 926. The molecule has 1 amide bonds. The Hall–Kier alpha value is -2.65. The summed E-state index contributed by atoms with van der Waals surface area (Å²) in [4.78, 5) is 27.2. The Balaban J connectivity index is 1.67. The Morgan fingerprint density at radius 3 is 2.93 bits per heavy atom. The van der Waals surface area contributed by atoms with Crippen molar-refractivity contribution in [1.29, 1.82) is 0 Å². The average Bonchev–Trinajstić information content (AvgIpc) is 3.05. The molecule has 4 rings (SSSR count). The van der Waals surface area contributed by atoms with Crippen LogP contribution in [0.1, 0.15) is 39.5 Å². The minimum absolute atomic E-state index is 0.124. The number of nitrogens with one attached hydrogen (secondary N) is 2. The van der Waals surface area contributed by atoms with Crippen LogP contribution in [0.3, 0.4) is 0 Å². The highest BCUT2D eigenvalue weighted by molar-refractivity contribution is 7.16. The van der Waals surface area contributed by atoms with Crippen LogP contribution in [0.2, 0.25) is 0 Å². The third kappa shape index (κ3) is 3.02. The van der Waals surface area contributed by atoms with Gasteiger partial charge in [-0.15, -0.1) is 11.3 Å². The molecule has 1 unspecified atom stereocenters. The van der Waals surface area contributed by atoms with Crippen molar-refractivity contribution in [2.75, 3.05) is 25.5 Å².